The lowest BCUT2D eigenvalue weighted by Crippen LogP contribution is -2.24. The van der Waals surface area contributed by atoms with Gasteiger partial charge in [-0.3, -0.25) is 0 Å². The number of nitrogens with zero attached hydrogens (tertiary/aromatic N) is 1. The number of rotatable bonds is 7. The smallest absolute Gasteiger partial charge is 0.136 e. The van der Waals surface area contributed by atoms with Crippen molar-refractivity contribution >= 4 is 11.8 Å². The molecule has 0 saturated heterocycles. The largest absolute Gasteiger partial charge is 0.393 e. The fraction of sp³-hybridized carbons (Fsp3) is 0.538. The zero-order valence-electron chi connectivity index (χ0n) is 10.4. The Kier molecular flexibility index (Phi) is 6.55. The van der Waals surface area contributed by atoms with Gasteiger partial charge in [-0.25, -0.2) is 4.39 Å². The average molecular weight is 257 g/mol. The van der Waals surface area contributed by atoms with Gasteiger partial charge in [-0.15, -0.1) is 11.8 Å². The summed E-state index contributed by atoms with van der Waals surface area (Å²) in [4.78, 5) is 2.86. The number of halogens is 1. The van der Waals surface area contributed by atoms with Gasteiger partial charge in [0.1, 0.15) is 5.82 Å². The fourth-order valence-electron chi connectivity index (χ4n) is 1.39. The van der Waals surface area contributed by atoms with Gasteiger partial charge in [0.15, 0.2) is 0 Å². The normalized spacial score (nSPS) is 13.0. The van der Waals surface area contributed by atoms with Gasteiger partial charge in [0.05, 0.1) is 6.10 Å². The third-order valence-corrected chi connectivity index (χ3v) is 3.52. The number of hydrogen-bond donors (Lipinski definition) is 1. The molecule has 1 aromatic rings. The van der Waals surface area contributed by atoms with E-state index in [1.165, 1.54) is 17.8 Å². The Labute approximate surface area is 107 Å². The maximum Gasteiger partial charge on any atom is 0.136 e. The van der Waals surface area contributed by atoms with Gasteiger partial charge in [0.2, 0.25) is 0 Å². The van der Waals surface area contributed by atoms with Crippen LogP contribution in [0.25, 0.3) is 0 Å². The van der Waals surface area contributed by atoms with Gasteiger partial charge < -0.3 is 10.0 Å². The molecule has 1 atom stereocenters. The van der Waals surface area contributed by atoms with Gasteiger partial charge in [0.25, 0.3) is 0 Å². The standard InChI is InChI=1S/C13H20FNOS/c1-11(16)7-8-15(2)9-10-17-13-6-4-3-5-12(13)14/h3-6,11,16H,7-10H2,1-2H3. The van der Waals surface area contributed by atoms with E-state index < -0.39 is 0 Å². The quantitative estimate of drug-likeness (QED) is 0.760. The number of aliphatic hydroxyl groups excluding tert-OH is 1. The summed E-state index contributed by atoms with van der Waals surface area (Å²) in [5.41, 5.74) is 0. The number of thioether (sulfide) groups is 1. The molecule has 0 amide bonds. The van der Waals surface area contributed by atoms with Crippen LogP contribution in [0.1, 0.15) is 13.3 Å². The van der Waals surface area contributed by atoms with Crippen molar-refractivity contribution in [2.75, 3.05) is 25.9 Å². The summed E-state index contributed by atoms with van der Waals surface area (Å²) in [5.74, 6) is 0.709. The molecule has 0 bridgehead atoms. The molecule has 4 heteroatoms. The maximum atomic E-state index is 13.3. The van der Waals surface area contributed by atoms with Crippen molar-refractivity contribution in [2.45, 2.75) is 24.3 Å². The van der Waals surface area contributed by atoms with E-state index in [1.54, 1.807) is 19.1 Å². The monoisotopic (exact) mass is 257 g/mol. The predicted octanol–water partition coefficient (Wildman–Crippen LogP) is 2.62. The Hall–Kier alpha value is -0.580. The van der Waals surface area contributed by atoms with Crippen LogP contribution in [-0.2, 0) is 0 Å². The van der Waals surface area contributed by atoms with Crippen molar-refractivity contribution < 1.29 is 9.50 Å². The van der Waals surface area contributed by atoms with Crippen LogP contribution in [0.3, 0.4) is 0 Å². The minimum absolute atomic E-state index is 0.149. The molecule has 0 saturated carbocycles. The van der Waals surface area contributed by atoms with E-state index in [4.69, 9.17) is 5.11 Å². The Morgan fingerprint density at radius 1 is 1.35 bits per heavy atom. The summed E-state index contributed by atoms with van der Waals surface area (Å²) in [7, 11) is 2.02. The number of benzene rings is 1. The van der Waals surface area contributed by atoms with Crippen molar-refractivity contribution in [1.29, 1.82) is 0 Å². The lowest BCUT2D eigenvalue weighted by atomic mass is 10.3. The third kappa shape index (κ3) is 6.05. The lowest BCUT2D eigenvalue weighted by Gasteiger charge is -2.17. The first-order valence-electron chi connectivity index (χ1n) is 5.83. The molecular weight excluding hydrogens is 237 g/mol. The van der Waals surface area contributed by atoms with Gasteiger partial charge in [0, 0.05) is 23.7 Å². The molecule has 0 aromatic heterocycles. The van der Waals surface area contributed by atoms with Crippen molar-refractivity contribution in [3.63, 3.8) is 0 Å². The second-order valence-corrected chi connectivity index (χ2v) is 5.36. The van der Waals surface area contributed by atoms with Crippen molar-refractivity contribution in [2.24, 2.45) is 0 Å². The third-order valence-electron chi connectivity index (χ3n) is 2.50. The van der Waals surface area contributed by atoms with E-state index >= 15 is 0 Å². The Morgan fingerprint density at radius 2 is 2.06 bits per heavy atom. The summed E-state index contributed by atoms with van der Waals surface area (Å²) in [6.45, 7) is 3.56. The number of hydrogen-bond acceptors (Lipinski definition) is 3. The molecule has 17 heavy (non-hydrogen) atoms. The van der Waals surface area contributed by atoms with E-state index in [2.05, 4.69) is 4.90 Å². The van der Waals surface area contributed by atoms with Crippen LogP contribution < -0.4 is 0 Å². The zero-order chi connectivity index (χ0) is 12.7. The highest BCUT2D eigenvalue weighted by Gasteiger charge is 2.04. The molecule has 0 spiro atoms. The zero-order valence-corrected chi connectivity index (χ0v) is 11.2. The van der Waals surface area contributed by atoms with Crippen LogP contribution in [0, 0.1) is 5.82 Å². The molecule has 0 aliphatic carbocycles. The summed E-state index contributed by atoms with van der Waals surface area (Å²) in [5, 5.41) is 9.16. The molecule has 0 radical (unpaired) electrons. The van der Waals surface area contributed by atoms with Crippen molar-refractivity contribution in [3.05, 3.63) is 30.1 Å². The van der Waals surface area contributed by atoms with E-state index in [9.17, 15) is 4.39 Å². The highest BCUT2D eigenvalue weighted by Crippen LogP contribution is 2.20. The number of aliphatic hydroxyl groups is 1. The molecule has 1 unspecified atom stereocenters. The summed E-state index contributed by atoms with van der Waals surface area (Å²) < 4.78 is 13.3. The molecule has 96 valence electrons. The van der Waals surface area contributed by atoms with Gasteiger partial charge in [-0.05, 0) is 32.5 Å². The molecular formula is C13H20FNOS. The van der Waals surface area contributed by atoms with Crippen molar-refractivity contribution in [3.8, 4) is 0 Å². The van der Waals surface area contributed by atoms with Crippen LogP contribution in [0.4, 0.5) is 4.39 Å². The minimum Gasteiger partial charge on any atom is -0.393 e. The molecule has 0 heterocycles. The highest BCUT2D eigenvalue weighted by molar-refractivity contribution is 7.99. The van der Waals surface area contributed by atoms with E-state index in [1.807, 2.05) is 13.1 Å². The van der Waals surface area contributed by atoms with Crippen LogP contribution >= 0.6 is 11.8 Å². The van der Waals surface area contributed by atoms with Gasteiger partial charge >= 0.3 is 0 Å². The Morgan fingerprint density at radius 3 is 2.71 bits per heavy atom. The Bertz CT molecular complexity index is 333. The van der Waals surface area contributed by atoms with Crippen LogP contribution in [0.15, 0.2) is 29.2 Å². The van der Waals surface area contributed by atoms with E-state index in [0.29, 0.717) is 4.90 Å². The molecule has 1 aromatic carbocycles. The molecule has 0 fully saturated rings. The topological polar surface area (TPSA) is 23.5 Å². The van der Waals surface area contributed by atoms with Gasteiger partial charge in [-0.1, -0.05) is 12.1 Å². The lowest BCUT2D eigenvalue weighted by molar-refractivity contribution is 0.166. The van der Waals surface area contributed by atoms with Gasteiger partial charge in [-0.2, -0.15) is 0 Å². The molecule has 0 aliphatic rings. The van der Waals surface area contributed by atoms with Crippen LogP contribution in [0.5, 0.6) is 0 Å². The van der Waals surface area contributed by atoms with E-state index in [-0.39, 0.29) is 11.9 Å². The second kappa shape index (κ2) is 7.69. The molecule has 1 N–H and O–H groups in total. The Balaban J connectivity index is 2.21. The molecule has 2 nitrogen and oxygen atoms in total. The first kappa shape index (κ1) is 14.5. The second-order valence-electron chi connectivity index (χ2n) is 4.22. The van der Waals surface area contributed by atoms with Crippen molar-refractivity contribution in [1.82, 2.24) is 4.90 Å². The van der Waals surface area contributed by atoms with Crippen LogP contribution in [-0.4, -0.2) is 42.0 Å². The first-order chi connectivity index (χ1) is 8.09. The highest BCUT2D eigenvalue weighted by atomic mass is 32.2. The SMILES string of the molecule is CC(O)CCN(C)CCSc1ccccc1F. The van der Waals surface area contributed by atoms with Crippen LogP contribution in [0.2, 0.25) is 0 Å². The molecule has 0 aliphatic heterocycles. The maximum absolute atomic E-state index is 13.3. The van der Waals surface area contributed by atoms with E-state index in [0.717, 1.165) is 25.3 Å². The molecule has 1 rings (SSSR count). The minimum atomic E-state index is -0.253. The first-order valence-corrected chi connectivity index (χ1v) is 6.82. The predicted molar refractivity (Wildman–Crippen MR) is 70.9 cm³/mol. The summed E-state index contributed by atoms with van der Waals surface area (Å²) >= 11 is 1.53. The fourth-order valence-corrected chi connectivity index (χ4v) is 2.40. The summed E-state index contributed by atoms with van der Waals surface area (Å²) in [6, 6.07) is 6.84. The summed E-state index contributed by atoms with van der Waals surface area (Å²) in [6.07, 6.45) is 0.526. The average Bonchev–Trinajstić information content (AvgIpc) is 2.29.